The topological polar surface area (TPSA) is 100 Å². The molecular weight excluding hydrogens is 492 g/mol. The predicted molar refractivity (Wildman–Crippen MR) is 146 cm³/mol. The number of carbonyl (C=O) groups is 3. The summed E-state index contributed by atoms with van der Waals surface area (Å²) in [4.78, 5) is 41.9. The second-order valence-electron chi connectivity index (χ2n) is 12.2. The van der Waals surface area contributed by atoms with Crippen LogP contribution >= 0.6 is 0 Å². The van der Waals surface area contributed by atoms with Gasteiger partial charge in [-0.1, -0.05) is 36.8 Å². The van der Waals surface area contributed by atoms with Gasteiger partial charge in [0, 0.05) is 49.6 Å². The largest absolute Gasteiger partial charge is 0.303 e. The van der Waals surface area contributed by atoms with Gasteiger partial charge in [0.2, 0.25) is 11.8 Å². The number of aromatic nitrogens is 3. The number of hydrogen-bond acceptors (Lipinski definition) is 6. The number of imide groups is 1. The molecule has 1 aliphatic carbocycles. The van der Waals surface area contributed by atoms with Gasteiger partial charge in [0.1, 0.15) is 6.04 Å². The average Bonchev–Trinajstić information content (AvgIpc) is 3.49. The summed E-state index contributed by atoms with van der Waals surface area (Å²) >= 11 is 0. The average molecular weight is 527 g/mol. The van der Waals surface area contributed by atoms with Crippen molar-refractivity contribution in [3.05, 3.63) is 53.3 Å². The molecular formula is C30H34N6O3. The Morgan fingerprint density at radius 1 is 1.05 bits per heavy atom. The van der Waals surface area contributed by atoms with E-state index in [9.17, 15) is 14.4 Å². The van der Waals surface area contributed by atoms with E-state index < -0.39 is 11.9 Å². The zero-order chi connectivity index (χ0) is 26.7. The Kier molecular flexibility index (Phi) is 5.80. The number of anilines is 1. The Morgan fingerprint density at radius 2 is 1.87 bits per heavy atom. The fourth-order valence-corrected chi connectivity index (χ4v) is 7.05. The Morgan fingerprint density at radius 3 is 2.62 bits per heavy atom. The maximum Gasteiger partial charge on any atom is 0.259 e. The molecule has 1 N–H and O–H groups in total. The standard InChI is InChI=1S/C30H34N6O3/c1-30(12-3-13-30)18-34-14-10-21(11-15-34)35-17-20(32-33-35)16-19-6-7-24-27-22(19)4-2-5-23(27)29(39)36(24)25-8-9-26(37)31-28(25)38/h2,4-7,17,21,25H,3,8-16,18H2,1H3,(H,31,37,38). The van der Waals surface area contributed by atoms with Crippen LogP contribution in [-0.4, -0.2) is 63.3 Å². The smallest absolute Gasteiger partial charge is 0.259 e. The molecule has 3 fully saturated rings. The van der Waals surface area contributed by atoms with Gasteiger partial charge in [-0.2, -0.15) is 0 Å². The van der Waals surface area contributed by atoms with Gasteiger partial charge in [0.25, 0.3) is 5.91 Å². The third-order valence-corrected chi connectivity index (χ3v) is 9.37. The van der Waals surface area contributed by atoms with Crippen LogP contribution in [0.3, 0.4) is 0 Å². The van der Waals surface area contributed by atoms with Gasteiger partial charge in [-0.15, -0.1) is 5.10 Å². The zero-order valence-corrected chi connectivity index (χ0v) is 22.4. The molecule has 3 aromatic rings. The Hall–Kier alpha value is -3.59. The lowest BCUT2D eigenvalue weighted by atomic mass is 9.70. The van der Waals surface area contributed by atoms with Crippen LogP contribution in [0.2, 0.25) is 0 Å². The fourth-order valence-electron chi connectivity index (χ4n) is 7.05. The lowest BCUT2D eigenvalue weighted by Crippen LogP contribution is -2.53. The first kappa shape index (κ1) is 24.5. The van der Waals surface area contributed by atoms with Crippen LogP contribution in [-0.2, 0) is 16.0 Å². The summed E-state index contributed by atoms with van der Waals surface area (Å²) in [5.41, 5.74) is 3.84. The summed E-state index contributed by atoms with van der Waals surface area (Å²) in [6, 6.07) is 9.39. The minimum atomic E-state index is -0.681. The number of benzene rings is 2. The minimum absolute atomic E-state index is 0.189. The highest BCUT2D eigenvalue weighted by molar-refractivity contribution is 6.27. The summed E-state index contributed by atoms with van der Waals surface area (Å²) in [5, 5.41) is 13.3. The number of likely N-dealkylation sites (tertiary alicyclic amines) is 1. The van der Waals surface area contributed by atoms with E-state index in [0.717, 1.165) is 53.6 Å². The molecule has 4 aliphatic rings. The second-order valence-corrected chi connectivity index (χ2v) is 12.2. The first-order valence-electron chi connectivity index (χ1n) is 14.2. The van der Waals surface area contributed by atoms with Crippen LogP contribution in [0.4, 0.5) is 5.69 Å². The Balaban J connectivity index is 1.09. The van der Waals surface area contributed by atoms with Crippen molar-refractivity contribution in [2.24, 2.45) is 5.41 Å². The third kappa shape index (κ3) is 4.23. The van der Waals surface area contributed by atoms with Crippen molar-refractivity contribution in [2.75, 3.05) is 24.5 Å². The normalized spacial score (nSPS) is 23.4. The highest BCUT2D eigenvalue weighted by Crippen LogP contribution is 2.42. The molecule has 0 radical (unpaired) electrons. The quantitative estimate of drug-likeness (QED) is 0.493. The van der Waals surface area contributed by atoms with E-state index in [4.69, 9.17) is 0 Å². The molecule has 2 aromatic carbocycles. The summed E-state index contributed by atoms with van der Waals surface area (Å²) in [6.07, 6.45) is 9.54. The van der Waals surface area contributed by atoms with Crippen LogP contribution < -0.4 is 10.2 Å². The van der Waals surface area contributed by atoms with Crippen LogP contribution in [0.5, 0.6) is 0 Å². The van der Waals surface area contributed by atoms with Crippen molar-refractivity contribution in [3.63, 3.8) is 0 Å². The van der Waals surface area contributed by atoms with Crippen molar-refractivity contribution in [2.45, 2.75) is 70.4 Å². The van der Waals surface area contributed by atoms with Crippen molar-refractivity contribution in [3.8, 4) is 0 Å². The summed E-state index contributed by atoms with van der Waals surface area (Å²) in [7, 11) is 0. The highest BCUT2D eigenvalue weighted by atomic mass is 16.2. The second kappa shape index (κ2) is 9.26. The molecule has 9 nitrogen and oxygen atoms in total. The highest BCUT2D eigenvalue weighted by Gasteiger charge is 2.41. The van der Waals surface area contributed by atoms with Crippen LogP contribution in [0.15, 0.2) is 36.5 Å². The molecule has 4 heterocycles. The van der Waals surface area contributed by atoms with Crippen LogP contribution in [0.1, 0.15) is 79.5 Å². The van der Waals surface area contributed by atoms with Crippen molar-refractivity contribution < 1.29 is 14.4 Å². The number of nitrogens with one attached hydrogen (secondary N) is 1. The van der Waals surface area contributed by atoms with Crippen LogP contribution in [0, 0.1) is 5.41 Å². The molecule has 0 spiro atoms. The van der Waals surface area contributed by atoms with Gasteiger partial charge >= 0.3 is 0 Å². The zero-order valence-electron chi connectivity index (χ0n) is 22.4. The monoisotopic (exact) mass is 526 g/mol. The molecule has 7 rings (SSSR count). The van der Waals surface area contributed by atoms with Crippen molar-refractivity contribution in [1.29, 1.82) is 0 Å². The number of hydrogen-bond donors (Lipinski definition) is 1. The molecule has 3 amide bonds. The van der Waals surface area contributed by atoms with E-state index >= 15 is 0 Å². The van der Waals surface area contributed by atoms with Gasteiger partial charge in [0.05, 0.1) is 17.4 Å². The summed E-state index contributed by atoms with van der Waals surface area (Å²) in [5.74, 6) is -0.891. The first-order valence-corrected chi connectivity index (χ1v) is 14.2. The Bertz CT molecular complexity index is 1480. The number of rotatable bonds is 6. The molecule has 2 saturated heterocycles. The van der Waals surface area contributed by atoms with Gasteiger partial charge in [0.15, 0.2) is 0 Å². The van der Waals surface area contributed by atoms with E-state index in [1.165, 1.54) is 25.8 Å². The fraction of sp³-hybridized carbons (Fsp3) is 0.500. The molecule has 3 aliphatic heterocycles. The van der Waals surface area contributed by atoms with Crippen molar-refractivity contribution >= 4 is 34.2 Å². The van der Waals surface area contributed by atoms with E-state index in [1.807, 2.05) is 35.0 Å². The number of piperidine rings is 2. The van der Waals surface area contributed by atoms with E-state index in [1.54, 1.807) is 4.90 Å². The maximum atomic E-state index is 13.4. The maximum absolute atomic E-state index is 13.4. The predicted octanol–water partition coefficient (Wildman–Crippen LogP) is 3.61. The lowest BCUT2D eigenvalue weighted by Gasteiger charge is -2.44. The molecule has 0 bridgehead atoms. The van der Waals surface area contributed by atoms with Crippen LogP contribution in [0.25, 0.3) is 10.8 Å². The number of nitrogens with zero attached hydrogens (tertiary/aromatic N) is 5. The van der Waals surface area contributed by atoms with Crippen molar-refractivity contribution in [1.82, 2.24) is 25.2 Å². The summed E-state index contributed by atoms with van der Waals surface area (Å²) < 4.78 is 2.05. The SMILES string of the molecule is CC1(CN2CCC(n3cc(Cc4ccc5c6c(cccc46)C(=O)N5C4CCC(=O)NC4=O)nn3)CC2)CCC1. The van der Waals surface area contributed by atoms with E-state index in [-0.39, 0.29) is 18.2 Å². The van der Waals surface area contributed by atoms with E-state index in [0.29, 0.717) is 29.9 Å². The van der Waals surface area contributed by atoms with E-state index in [2.05, 4.69) is 33.6 Å². The molecule has 1 atom stereocenters. The molecule has 1 saturated carbocycles. The van der Waals surface area contributed by atoms with Gasteiger partial charge < -0.3 is 4.90 Å². The molecule has 202 valence electrons. The molecule has 9 heteroatoms. The molecule has 39 heavy (non-hydrogen) atoms. The molecule has 1 aromatic heterocycles. The third-order valence-electron chi connectivity index (χ3n) is 9.37. The minimum Gasteiger partial charge on any atom is -0.303 e. The van der Waals surface area contributed by atoms with Gasteiger partial charge in [-0.25, -0.2) is 4.68 Å². The van der Waals surface area contributed by atoms with Gasteiger partial charge in [-0.3, -0.25) is 24.6 Å². The lowest BCUT2D eigenvalue weighted by molar-refractivity contribution is -0.134. The molecule has 1 unspecified atom stereocenters. The first-order chi connectivity index (χ1) is 18.9. The summed E-state index contributed by atoms with van der Waals surface area (Å²) in [6.45, 7) is 5.87. The Labute approximate surface area is 227 Å². The number of carbonyl (C=O) groups excluding carboxylic acids is 3. The number of amides is 3. The van der Waals surface area contributed by atoms with Gasteiger partial charge in [-0.05, 0) is 60.6 Å².